The SMILES string of the molecule is [2H]c1c([2H])c([2H])c2c(c1[2H])c1c([2H])c([2H])c([2H])c([2H])c1n2-c1ccc2c(c1)N(c1c(-c3ccc(C(C)(C)C)cc3)cccc1-c1ccc(C(C)(C)C)cc1C(C)(C)C)c1cc(-n3c4ccc(C(C)(C)C)cc4c4cc(C(C)(C)C)ccc43)cc3c1B2c1ccc(-c2cc(C(C)(C)C)cc(C(C)(C)C)c2)cc1N3c1c(-c2ccc(C(C)(C)C)cc2)cccc1-c1ccc(C(C)(C)C)cc1C(C)(C)C. The largest absolute Gasteiger partial charge is 0.310 e. The topological polar surface area (TPSA) is 16.3 Å². The second-order valence-corrected chi connectivity index (χ2v) is 47.5. The van der Waals surface area contributed by atoms with Gasteiger partial charge in [0.15, 0.2) is 0 Å². The van der Waals surface area contributed by atoms with Crippen molar-refractivity contribution >= 4 is 101 Å². The average molecular weight is 1700 g/mol. The highest BCUT2D eigenvalue weighted by molar-refractivity contribution is 7.00. The van der Waals surface area contributed by atoms with Gasteiger partial charge in [-0.1, -0.05) is 414 Å². The van der Waals surface area contributed by atoms with Gasteiger partial charge in [0, 0.05) is 72.2 Å². The first-order valence-corrected chi connectivity index (χ1v) is 46.7. The Balaban J connectivity index is 1.12. The zero-order valence-corrected chi connectivity index (χ0v) is 82.2. The zero-order chi connectivity index (χ0) is 99.2. The fraction of sp³-hybridized carbons (Fsp3) is 0.323. The third-order valence-electron chi connectivity index (χ3n) is 27.7. The molecule has 4 nitrogen and oxygen atoms in total. The van der Waals surface area contributed by atoms with Gasteiger partial charge in [-0.25, -0.2) is 0 Å². The number of rotatable bonds is 9. The van der Waals surface area contributed by atoms with E-state index in [1.165, 1.54) is 50.1 Å². The van der Waals surface area contributed by atoms with E-state index in [1.807, 2.05) is 6.07 Å². The molecule has 4 heterocycles. The smallest absolute Gasteiger partial charge is 0.252 e. The highest BCUT2D eigenvalue weighted by atomic mass is 15.2. The van der Waals surface area contributed by atoms with Crippen molar-refractivity contribution in [1.82, 2.24) is 9.13 Å². The number of hydrogen-bond donors (Lipinski definition) is 0. The summed E-state index contributed by atoms with van der Waals surface area (Å²) in [5.74, 6) is 0. The van der Waals surface area contributed by atoms with E-state index in [9.17, 15) is 11.0 Å². The molecule has 0 unspecified atom stereocenters. The van der Waals surface area contributed by atoms with Gasteiger partial charge < -0.3 is 18.9 Å². The monoisotopic (exact) mass is 1700 g/mol. The minimum Gasteiger partial charge on any atom is -0.310 e. The molecule has 2 aliphatic heterocycles. The number of nitrogens with zero attached hydrogens (tertiary/aromatic N) is 4. The van der Waals surface area contributed by atoms with Crippen LogP contribution in [0.3, 0.4) is 0 Å². The number of benzene rings is 14. The van der Waals surface area contributed by atoms with Crippen molar-refractivity contribution in [2.75, 3.05) is 9.80 Å². The van der Waals surface area contributed by atoms with E-state index in [1.54, 1.807) is 4.57 Å². The van der Waals surface area contributed by atoms with Crippen LogP contribution < -0.4 is 26.2 Å². The maximum atomic E-state index is 10.2. The molecule has 5 heteroatoms. The van der Waals surface area contributed by atoms with Crippen LogP contribution in [0.1, 0.15) is 274 Å². The molecular weight excluding hydrogens is 1560 g/mol. The molecule has 0 fully saturated rings. The molecule has 0 spiro atoms. The van der Waals surface area contributed by atoms with Gasteiger partial charge in [0.1, 0.15) is 0 Å². The normalized spacial score (nSPS) is 14.6. The van der Waals surface area contributed by atoms with Crippen LogP contribution in [-0.2, 0) is 54.1 Å². The summed E-state index contributed by atoms with van der Waals surface area (Å²) in [5.41, 5.74) is 32.0. The summed E-state index contributed by atoms with van der Waals surface area (Å²) in [5, 5.41) is 2.28. The molecule has 0 N–H and O–H groups in total. The summed E-state index contributed by atoms with van der Waals surface area (Å²) in [6, 6.07) is 83.5. The molecule has 0 aliphatic carbocycles. The van der Waals surface area contributed by atoms with E-state index >= 15 is 0 Å². The first-order valence-electron chi connectivity index (χ1n) is 50.7. The number of anilines is 6. The lowest BCUT2D eigenvalue weighted by Gasteiger charge is -2.46. The molecule has 2 aromatic heterocycles. The molecule has 0 amide bonds. The van der Waals surface area contributed by atoms with Crippen molar-refractivity contribution in [3.63, 3.8) is 0 Å². The summed E-state index contributed by atoms with van der Waals surface area (Å²) in [7, 11) is 0. The number of hydrogen-bond acceptors (Lipinski definition) is 2. The molecular formula is C124H135BN4. The standard InChI is InChI=1S/C124H135BN4/c1-115(2,3)80-50-45-76(46-51-80)90-39-35-41-96(92-59-54-84(119(13,14)15)71-100(92)123(25,26)27)113(90)128-108-67-78(79-65-86(121(19,20)21)68-87(66-79)122(22,23)24)49-61-102(108)125-103-62-58-88(126-104-43-33-31-37-94(104)95-38-32-34-44-105(95)126)73-109(103)129(111-75-89(74-110(128)112(111)125)127-106-63-56-82(117(7,8)9)69-98(106)99-70-83(118(10,11)12)57-64-107(99)127)114-91(77-47-52-81(53-48-77)116(4,5)6)40-36-42-97(114)93-60-55-85(120(16,17)18)72-101(93)124(28,29)30/h31-75H,1-30H3/i31D,32D,33D,34D,37D,38D,43D,44D. The lowest BCUT2D eigenvalue weighted by Crippen LogP contribution is -2.61. The summed E-state index contributed by atoms with van der Waals surface area (Å²) in [6.45, 7) is 68.7. The lowest BCUT2D eigenvalue weighted by molar-refractivity contribution is 0.568. The number of fused-ring (bicyclic) bond motifs is 10. The van der Waals surface area contributed by atoms with Crippen LogP contribution in [0.15, 0.2) is 273 Å². The fourth-order valence-corrected chi connectivity index (χ4v) is 20.0. The van der Waals surface area contributed by atoms with Gasteiger partial charge in [0.2, 0.25) is 0 Å². The molecule has 0 saturated carbocycles. The van der Waals surface area contributed by atoms with E-state index in [0.29, 0.717) is 5.69 Å². The Labute approximate surface area is 783 Å². The van der Waals surface area contributed by atoms with Gasteiger partial charge in [0.05, 0.1) is 50.1 Å². The predicted octanol–water partition coefficient (Wildman–Crippen LogP) is 33.3. The Kier molecular flexibility index (Phi) is 18.5. The number of para-hydroxylation sites is 4. The molecule has 14 aromatic carbocycles. The molecule has 0 atom stereocenters. The Bertz CT molecular complexity index is 7520. The van der Waals surface area contributed by atoms with Gasteiger partial charge in [-0.05, 0) is 226 Å². The minimum atomic E-state index is -0.592. The van der Waals surface area contributed by atoms with Gasteiger partial charge in [-0.3, -0.25) is 0 Å². The van der Waals surface area contributed by atoms with E-state index in [-0.39, 0.29) is 82.6 Å². The van der Waals surface area contributed by atoms with Crippen LogP contribution in [-0.4, -0.2) is 15.8 Å². The molecule has 0 radical (unpaired) electrons. The first-order chi connectivity index (χ1) is 63.6. The summed E-state index contributed by atoms with van der Waals surface area (Å²) in [6.07, 6.45) is 0. The van der Waals surface area contributed by atoms with Gasteiger partial charge in [-0.2, -0.15) is 0 Å². The summed E-state index contributed by atoms with van der Waals surface area (Å²) < 4.78 is 82.3. The molecule has 129 heavy (non-hydrogen) atoms. The fourth-order valence-electron chi connectivity index (χ4n) is 20.0. The molecule has 16 aromatic rings. The summed E-state index contributed by atoms with van der Waals surface area (Å²) in [4.78, 5) is 5.25. The zero-order valence-electron chi connectivity index (χ0n) is 90.2. The van der Waals surface area contributed by atoms with E-state index in [0.717, 1.165) is 139 Å². The van der Waals surface area contributed by atoms with Crippen LogP contribution >= 0.6 is 0 Å². The molecule has 2 aliphatic rings. The van der Waals surface area contributed by atoms with Crippen LogP contribution in [0, 0.1) is 0 Å². The third-order valence-corrected chi connectivity index (χ3v) is 27.7. The van der Waals surface area contributed by atoms with Crippen LogP contribution in [0.2, 0.25) is 0 Å². The Morgan fingerprint density at radius 2 is 0.558 bits per heavy atom. The van der Waals surface area contributed by atoms with Gasteiger partial charge >= 0.3 is 0 Å². The third kappa shape index (κ3) is 15.6. The van der Waals surface area contributed by atoms with Crippen molar-refractivity contribution in [2.45, 2.75) is 262 Å². The average Bonchev–Trinajstić information content (AvgIpc) is 0.733. The molecule has 654 valence electrons. The molecule has 0 saturated heterocycles. The van der Waals surface area contributed by atoms with Crippen LogP contribution in [0.4, 0.5) is 34.1 Å². The number of aromatic nitrogens is 2. The van der Waals surface area contributed by atoms with E-state index < -0.39 is 48.4 Å². The van der Waals surface area contributed by atoms with Crippen LogP contribution in [0.5, 0.6) is 0 Å². The highest BCUT2D eigenvalue weighted by Gasteiger charge is 2.47. The highest BCUT2D eigenvalue weighted by Crippen LogP contribution is 2.57. The van der Waals surface area contributed by atoms with Crippen molar-refractivity contribution < 1.29 is 11.0 Å². The molecule has 0 bridgehead atoms. The van der Waals surface area contributed by atoms with Gasteiger partial charge in [-0.15, -0.1) is 0 Å². The predicted molar refractivity (Wildman–Crippen MR) is 563 cm³/mol. The maximum absolute atomic E-state index is 10.2. The summed E-state index contributed by atoms with van der Waals surface area (Å²) >= 11 is 0. The van der Waals surface area contributed by atoms with E-state index in [4.69, 9.17) is 0 Å². The maximum Gasteiger partial charge on any atom is 0.252 e. The molecule has 18 rings (SSSR count). The van der Waals surface area contributed by atoms with Crippen molar-refractivity contribution in [3.8, 4) is 67.0 Å². The Morgan fingerprint density at radius 3 is 0.953 bits per heavy atom. The van der Waals surface area contributed by atoms with E-state index in [2.05, 4.69) is 440 Å². The van der Waals surface area contributed by atoms with Crippen LogP contribution in [0.25, 0.3) is 111 Å². The lowest BCUT2D eigenvalue weighted by atomic mass is 9.33. The Morgan fingerprint density at radius 1 is 0.225 bits per heavy atom. The first kappa shape index (κ1) is 78.4. The van der Waals surface area contributed by atoms with Crippen molar-refractivity contribution in [3.05, 3.63) is 328 Å². The van der Waals surface area contributed by atoms with Crippen molar-refractivity contribution in [1.29, 1.82) is 0 Å². The Hall–Kier alpha value is -11.7. The minimum absolute atomic E-state index is 0.00620. The second kappa shape index (κ2) is 30.5. The van der Waals surface area contributed by atoms with Gasteiger partial charge in [0.25, 0.3) is 6.71 Å². The quantitative estimate of drug-likeness (QED) is 0.134. The van der Waals surface area contributed by atoms with Crippen molar-refractivity contribution in [2.24, 2.45) is 0 Å². The second-order valence-electron chi connectivity index (χ2n) is 47.5.